The Morgan fingerprint density at radius 3 is 2.13 bits per heavy atom. The van der Waals surface area contributed by atoms with Crippen molar-refractivity contribution in [3.8, 4) is 11.1 Å². The van der Waals surface area contributed by atoms with Crippen molar-refractivity contribution >= 4 is 17.7 Å². The van der Waals surface area contributed by atoms with Gasteiger partial charge in [-0.25, -0.2) is 4.39 Å². The lowest BCUT2D eigenvalue weighted by Crippen LogP contribution is -2.41. The van der Waals surface area contributed by atoms with E-state index in [1.54, 1.807) is 29.8 Å². The van der Waals surface area contributed by atoms with Gasteiger partial charge in [0.15, 0.2) is 5.16 Å². The third-order valence-corrected chi connectivity index (χ3v) is 9.14. The molecule has 5 rings (SSSR count). The molecular formula is C35H36F4N4O2S. The van der Waals surface area contributed by atoms with Gasteiger partial charge in [-0.1, -0.05) is 66.7 Å². The summed E-state index contributed by atoms with van der Waals surface area (Å²) < 4.78 is 54.1. The Morgan fingerprint density at radius 1 is 0.891 bits per heavy atom. The monoisotopic (exact) mass is 652 g/mol. The molecule has 1 fully saturated rings. The van der Waals surface area contributed by atoms with E-state index in [1.165, 1.54) is 42.4 Å². The van der Waals surface area contributed by atoms with E-state index in [0.717, 1.165) is 61.3 Å². The first kappa shape index (κ1) is 33.4. The molecule has 0 aliphatic carbocycles. The highest BCUT2D eigenvalue weighted by molar-refractivity contribution is 7.98. The molecule has 46 heavy (non-hydrogen) atoms. The van der Waals surface area contributed by atoms with E-state index < -0.39 is 11.7 Å². The fourth-order valence-corrected chi connectivity index (χ4v) is 6.32. The minimum atomic E-state index is -4.39. The molecule has 242 valence electrons. The largest absolute Gasteiger partial charge is 0.416 e. The van der Waals surface area contributed by atoms with Crippen LogP contribution in [0.4, 0.5) is 17.6 Å². The molecule has 0 radical (unpaired) electrons. The van der Waals surface area contributed by atoms with Gasteiger partial charge in [0.2, 0.25) is 5.91 Å². The van der Waals surface area contributed by atoms with Gasteiger partial charge in [0.25, 0.3) is 5.56 Å². The number of aryl methyl sites for hydroxylation is 1. The Hall–Kier alpha value is -3.96. The standard InChI is InChI=1S/C35H36F4N4O2S/c1-25-21-43(34(40-33(25)45)46-24-27-7-15-31(36)16-8-27)23-32(44)42(20-19-41-17-3-2-4-18-41)22-26-5-9-28(10-6-26)29-11-13-30(14-12-29)35(37,38)39/h5-16,21H,2-4,17-20,22-24H2,1H3. The lowest BCUT2D eigenvalue weighted by atomic mass is 10.0. The second-order valence-electron chi connectivity index (χ2n) is 11.5. The Bertz CT molecular complexity index is 1670. The van der Waals surface area contributed by atoms with Gasteiger partial charge in [-0.2, -0.15) is 18.2 Å². The third kappa shape index (κ3) is 9.07. The lowest BCUT2D eigenvalue weighted by molar-refractivity contribution is -0.137. The summed E-state index contributed by atoms with van der Waals surface area (Å²) in [6.45, 7) is 5.26. The van der Waals surface area contributed by atoms with Gasteiger partial charge in [-0.3, -0.25) is 9.59 Å². The van der Waals surface area contributed by atoms with Crippen LogP contribution < -0.4 is 5.56 Å². The maximum absolute atomic E-state index is 13.9. The van der Waals surface area contributed by atoms with E-state index >= 15 is 0 Å². The molecule has 0 atom stereocenters. The van der Waals surface area contributed by atoms with E-state index in [0.29, 0.717) is 35.1 Å². The Kier molecular flexibility index (Phi) is 11.0. The Labute approximate surface area is 270 Å². The second kappa shape index (κ2) is 15.1. The maximum Gasteiger partial charge on any atom is 0.416 e. The summed E-state index contributed by atoms with van der Waals surface area (Å²) in [6.07, 6.45) is 0.745. The number of hydrogen-bond donors (Lipinski definition) is 0. The number of hydrogen-bond acceptors (Lipinski definition) is 5. The number of alkyl halides is 3. The van der Waals surface area contributed by atoms with Crippen LogP contribution >= 0.6 is 11.8 Å². The maximum atomic E-state index is 13.9. The van der Waals surface area contributed by atoms with Crippen molar-refractivity contribution in [2.75, 3.05) is 26.2 Å². The molecule has 1 aliphatic rings. The molecule has 0 bridgehead atoms. The number of halogens is 4. The summed E-state index contributed by atoms with van der Waals surface area (Å²) in [4.78, 5) is 34.7. The van der Waals surface area contributed by atoms with E-state index in [-0.39, 0.29) is 23.8 Å². The Balaban J connectivity index is 1.32. The fraction of sp³-hybridized carbons (Fsp3) is 0.343. The normalized spacial score (nSPS) is 13.9. The summed E-state index contributed by atoms with van der Waals surface area (Å²) in [5.41, 5.74) is 2.58. The number of carbonyl (C=O) groups excluding carboxylic acids is 1. The SMILES string of the molecule is Cc1cn(CC(=O)N(CCN2CCCCC2)Cc2ccc(-c3ccc(C(F)(F)F)cc3)cc2)c(SCc2ccc(F)cc2)nc1=O. The highest BCUT2D eigenvalue weighted by Gasteiger charge is 2.30. The first-order chi connectivity index (χ1) is 22.0. The summed E-state index contributed by atoms with van der Waals surface area (Å²) in [5, 5.41) is 0.408. The zero-order chi connectivity index (χ0) is 32.7. The van der Waals surface area contributed by atoms with Crippen LogP contribution in [0.5, 0.6) is 0 Å². The van der Waals surface area contributed by atoms with Crippen LogP contribution in [-0.2, 0) is 29.8 Å². The number of thioether (sulfide) groups is 1. The second-order valence-corrected chi connectivity index (χ2v) is 12.5. The molecular weight excluding hydrogens is 616 g/mol. The van der Waals surface area contributed by atoms with Crippen LogP contribution in [0.25, 0.3) is 11.1 Å². The zero-order valence-electron chi connectivity index (χ0n) is 25.6. The van der Waals surface area contributed by atoms with Crippen LogP contribution in [0.15, 0.2) is 88.9 Å². The van der Waals surface area contributed by atoms with E-state index in [4.69, 9.17) is 0 Å². The molecule has 0 saturated carbocycles. The highest BCUT2D eigenvalue weighted by Crippen LogP contribution is 2.31. The predicted molar refractivity (Wildman–Crippen MR) is 172 cm³/mol. The van der Waals surface area contributed by atoms with Gasteiger partial charge in [0, 0.05) is 37.1 Å². The Morgan fingerprint density at radius 2 is 1.50 bits per heavy atom. The average molecular weight is 653 g/mol. The van der Waals surface area contributed by atoms with Crippen LogP contribution in [0.1, 0.15) is 41.5 Å². The van der Waals surface area contributed by atoms with Crippen molar-refractivity contribution in [2.24, 2.45) is 0 Å². The summed E-state index contributed by atoms with van der Waals surface area (Å²) in [6, 6.07) is 18.7. The third-order valence-electron chi connectivity index (χ3n) is 8.08. The molecule has 2 heterocycles. The molecule has 1 amide bonds. The topological polar surface area (TPSA) is 58.4 Å². The van der Waals surface area contributed by atoms with Crippen molar-refractivity contribution in [3.63, 3.8) is 0 Å². The molecule has 0 N–H and O–H groups in total. The van der Waals surface area contributed by atoms with Crippen molar-refractivity contribution in [1.82, 2.24) is 19.4 Å². The summed E-state index contributed by atoms with van der Waals surface area (Å²) >= 11 is 1.31. The van der Waals surface area contributed by atoms with Crippen molar-refractivity contribution in [3.05, 3.63) is 117 Å². The van der Waals surface area contributed by atoms with Crippen molar-refractivity contribution in [2.45, 2.75) is 56.4 Å². The highest BCUT2D eigenvalue weighted by atomic mass is 32.2. The first-order valence-corrected chi connectivity index (χ1v) is 16.3. The molecule has 11 heteroatoms. The van der Waals surface area contributed by atoms with E-state index in [1.807, 2.05) is 29.2 Å². The minimum absolute atomic E-state index is 0.0104. The van der Waals surface area contributed by atoms with E-state index in [9.17, 15) is 27.2 Å². The quantitative estimate of drug-likeness (QED) is 0.0976. The first-order valence-electron chi connectivity index (χ1n) is 15.3. The van der Waals surface area contributed by atoms with Crippen molar-refractivity contribution < 1.29 is 22.4 Å². The van der Waals surface area contributed by atoms with Gasteiger partial charge in [0.05, 0.1) is 5.56 Å². The minimum Gasteiger partial charge on any atom is -0.336 e. The van der Waals surface area contributed by atoms with Gasteiger partial charge >= 0.3 is 6.18 Å². The summed E-state index contributed by atoms with van der Waals surface area (Å²) in [5.74, 6) is -0.00520. The van der Waals surface area contributed by atoms with Gasteiger partial charge in [-0.05, 0) is 79.4 Å². The summed E-state index contributed by atoms with van der Waals surface area (Å²) in [7, 11) is 0. The molecule has 6 nitrogen and oxygen atoms in total. The zero-order valence-corrected chi connectivity index (χ0v) is 26.4. The number of carbonyl (C=O) groups is 1. The number of likely N-dealkylation sites (tertiary alicyclic amines) is 1. The average Bonchev–Trinajstić information content (AvgIpc) is 3.05. The molecule has 0 spiro atoms. The van der Waals surface area contributed by atoms with Gasteiger partial charge in [-0.15, -0.1) is 0 Å². The number of aromatic nitrogens is 2. The molecule has 4 aromatic rings. The number of piperidine rings is 1. The molecule has 1 aliphatic heterocycles. The van der Waals surface area contributed by atoms with Crippen molar-refractivity contribution in [1.29, 1.82) is 0 Å². The number of benzene rings is 3. The fourth-order valence-electron chi connectivity index (χ4n) is 5.40. The van der Waals surface area contributed by atoms with Crippen LogP contribution in [0, 0.1) is 12.7 Å². The number of amides is 1. The molecule has 1 aromatic heterocycles. The predicted octanol–water partition coefficient (Wildman–Crippen LogP) is 7.18. The molecule has 1 saturated heterocycles. The van der Waals surface area contributed by atoms with Crippen LogP contribution in [-0.4, -0.2) is 51.4 Å². The number of rotatable bonds is 11. The van der Waals surface area contributed by atoms with Gasteiger partial charge in [0.1, 0.15) is 12.4 Å². The molecule has 0 unspecified atom stereocenters. The van der Waals surface area contributed by atoms with E-state index in [2.05, 4.69) is 9.88 Å². The van der Waals surface area contributed by atoms with Crippen LogP contribution in [0.3, 0.4) is 0 Å². The molecule has 3 aromatic carbocycles. The van der Waals surface area contributed by atoms with Crippen LogP contribution in [0.2, 0.25) is 0 Å². The smallest absolute Gasteiger partial charge is 0.336 e. The van der Waals surface area contributed by atoms with Gasteiger partial charge < -0.3 is 14.4 Å². The lowest BCUT2D eigenvalue weighted by Gasteiger charge is -2.30. The number of nitrogens with zero attached hydrogens (tertiary/aromatic N) is 4.